The second kappa shape index (κ2) is 10.3. The molecule has 0 spiro atoms. The zero-order valence-corrected chi connectivity index (χ0v) is 11.6. The summed E-state index contributed by atoms with van der Waals surface area (Å²) in [5, 5.41) is 7.94. The smallest absolute Gasteiger partial charge is 0.242 e. The van der Waals surface area contributed by atoms with Crippen LogP contribution in [0.3, 0.4) is 0 Å². The maximum Gasteiger partial charge on any atom is 0.242 e. The van der Waals surface area contributed by atoms with Crippen molar-refractivity contribution >= 4 is 17.7 Å². The van der Waals surface area contributed by atoms with E-state index >= 15 is 0 Å². The molecule has 0 aliphatic carbocycles. The lowest BCUT2D eigenvalue weighted by Gasteiger charge is -2.17. The van der Waals surface area contributed by atoms with Crippen LogP contribution in [0.1, 0.15) is 33.1 Å². The van der Waals surface area contributed by atoms with Gasteiger partial charge in [-0.15, -0.1) is 0 Å². The lowest BCUT2D eigenvalue weighted by molar-refractivity contribution is -0.128. The highest BCUT2D eigenvalue weighted by Crippen LogP contribution is 2.01. The van der Waals surface area contributed by atoms with Crippen molar-refractivity contribution in [1.29, 1.82) is 0 Å². The third-order valence-electron chi connectivity index (χ3n) is 2.43. The number of unbranched alkanes of at least 4 members (excludes halogenated alkanes) is 1. The number of carbonyl (C=O) groups excluding carboxylic acids is 3. The third kappa shape index (κ3) is 10.0. The zero-order valence-electron chi connectivity index (χ0n) is 11.6. The molecule has 3 amide bonds. The number of amides is 3. The number of hydrogen-bond acceptors (Lipinski definition) is 4. The van der Waals surface area contributed by atoms with E-state index in [1.54, 1.807) is 0 Å². The molecule has 110 valence electrons. The number of nitrogens with one attached hydrogen (secondary N) is 3. The van der Waals surface area contributed by atoms with Crippen LogP contribution < -0.4 is 21.7 Å². The molecule has 7 nitrogen and oxygen atoms in total. The molecular weight excluding hydrogens is 248 g/mol. The van der Waals surface area contributed by atoms with E-state index in [1.165, 1.54) is 13.8 Å². The molecule has 7 heteroatoms. The van der Waals surface area contributed by atoms with Gasteiger partial charge in [0.15, 0.2) is 0 Å². The summed E-state index contributed by atoms with van der Waals surface area (Å²) in [4.78, 5) is 33.5. The fraction of sp³-hybridized carbons (Fsp3) is 0.750. The molecule has 0 aromatic carbocycles. The van der Waals surface area contributed by atoms with Crippen LogP contribution >= 0.6 is 0 Å². The first-order valence-electron chi connectivity index (χ1n) is 6.46. The first-order valence-corrected chi connectivity index (χ1v) is 6.46. The summed E-state index contributed by atoms with van der Waals surface area (Å²) < 4.78 is 0. The average Bonchev–Trinajstić information content (AvgIpc) is 2.33. The summed E-state index contributed by atoms with van der Waals surface area (Å²) in [6, 6.07) is -0.540. The van der Waals surface area contributed by atoms with Gasteiger partial charge in [-0.05, 0) is 19.3 Å². The summed E-state index contributed by atoms with van der Waals surface area (Å²) >= 11 is 0. The maximum absolute atomic E-state index is 11.8. The second-order valence-electron chi connectivity index (χ2n) is 4.31. The summed E-state index contributed by atoms with van der Waals surface area (Å²) in [7, 11) is 0. The van der Waals surface area contributed by atoms with Crippen LogP contribution in [-0.4, -0.2) is 43.4 Å². The molecule has 0 saturated heterocycles. The molecule has 0 radical (unpaired) electrons. The maximum atomic E-state index is 11.8. The molecule has 0 saturated carbocycles. The Hall–Kier alpha value is -1.63. The van der Waals surface area contributed by atoms with Crippen LogP contribution in [0, 0.1) is 0 Å². The van der Waals surface area contributed by atoms with Gasteiger partial charge in [0.1, 0.15) is 6.04 Å². The molecule has 0 heterocycles. The highest BCUT2D eigenvalue weighted by atomic mass is 16.2. The molecular formula is C12H24N4O3. The van der Waals surface area contributed by atoms with Crippen LogP contribution in [0.25, 0.3) is 0 Å². The van der Waals surface area contributed by atoms with Gasteiger partial charge in [0.2, 0.25) is 17.7 Å². The second-order valence-corrected chi connectivity index (χ2v) is 4.31. The van der Waals surface area contributed by atoms with Crippen molar-refractivity contribution in [2.75, 3.05) is 19.6 Å². The normalized spacial score (nSPS) is 11.5. The average molecular weight is 272 g/mol. The first-order chi connectivity index (χ1) is 8.97. The minimum atomic E-state index is -0.540. The lowest BCUT2D eigenvalue weighted by atomic mass is 10.1. The summed E-state index contributed by atoms with van der Waals surface area (Å²) in [6.45, 7) is 4.16. The molecule has 0 aliphatic heterocycles. The molecule has 1 unspecified atom stereocenters. The van der Waals surface area contributed by atoms with Gasteiger partial charge in [-0.3, -0.25) is 14.4 Å². The molecule has 0 rings (SSSR count). The van der Waals surface area contributed by atoms with Crippen LogP contribution in [0.5, 0.6) is 0 Å². The predicted molar refractivity (Wildman–Crippen MR) is 72.2 cm³/mol. The highest BCUT2D eigenvalue weighted by molar-refractivity contribution is 5.86. The van der Waals surface area contributed by atoms with Gasteiger partial charge in [0.25, 0.3) is 0 Å². The van der Waals surface area contributed by atoms with E-state index < -0.39 is 6.04 Å². The lowest BCUT2D eigenvalue weighted by Crippen LogP contribution is -2.47. The van der Waals surface area contributed by atoms with Crippen molar-refractivity contribution in [3.8, 4) is 0 Å². The Kier molecular flexibility index (Phi) is 9.42. The van der Waals surface area contributed by atoms with E-state index in [4.69, 9.17) is 5.73 Å². The van der Waals surface area contributed by atoms with Crippen LogP contribution in [0.4, 0.5) is 0 Å². The molecule has 0 aromatic rings. The summed E-state index contributed by atoms with van der Waals surface area (Å²) in [6.07, 6.45) is 2.04. The van der Waals surface area contributed by atoms with Crippen molar-refractivity contribution < 1.29 is 14.4 Å². The van der Waals surface area contributed by atoms with Crippen molar-refractivity contribution in [2.45, 2.75) is 39.2 Å². The van der Waals surface area contributed by atoms with E-state index in [2.05, 4.69) is 16.0 Å². The van der Waals surface area contributed by atoms with Crippen molar-refractivity contribution in [3.63, 3.8) is 0 Å². The molecule has 0 aromatic heterocycles. The third-order valence-corrected chi connectivity index (χ3v) is 2.43. The predicted octanol–water partition coefficient (Wildman–Crippen LogP) is -1.13. The Morgan fingerprint density at radius 3 is 2.21 bits per heavy atom. The van der Waals surface area contributed by atoms with E-state index in [9.17, 15) is 14.4 Å². The van der Waals surface area contributed by atoms with Gasteiger partial charge in [-0.2, -0.15) is 0 Å². The van der Waals surface area contributed by atoms with Crippen molar-refractivity contribution in [1.82, 2.24) is 16.0 Å². The molecule has 0 aliphatic rings. The molecule has 0 fully saturated rings. The van der Waals surface area contributed by atoms with Gasteiger partial charge < -0.3 is 21.7 Å². The van der Waals surface area contributed by atoms with Gasteiger partial charge >= 0.3 is 0 Å². The minimum absolute atomic E-state index is 0.0703. The Bertz CT molecular complexity index is 307. The fourth-order valence-electron chi connectivity index (χ4n) is 1.57. The Balaban J connectivity index is 4.02. The van der Waals surface area contributed by atoms with E-state index in [0.29, 0.717) is 26.1 Å². The highest BCUT2D eigenvalue weighted by Gasteiger charge is 2.18. The van der Waals surface area contributed by atoms with Gasteiger partial charge in [0.05, 0.1) is 0 Å². The van der Waals surface area contributed by atoms with Gasteiger partial charge in [-0.1, -0.05) is 0 Å². The number of rotatable bonds is 9. The summed E-state index contributed by atoms with van der Waals surface area (Å²) in [5.74, 6) is -0.533. The van der Waals surface area contributed by atoms with Crippen LogP contribution in [-0.2, 0) is 14.4 Å². The van der Waals surface area contributed by atoms with E-state index in [0.717, 1.165) is 12.8 Å². The van der Waals surface area contributed by atoms with Crippen molar-refractivity contribution in [3.05, 3.63) is 0 Å². The Morgan fingerprint density at radius 1 is 1.00 bits per heavy atom. The molecule has 19 heavy (non-hydrogen) atoms. The van der Waals surface area contributed by atoms with E-state index in [1.807, 2.05) is 0 Å². The standard InChI is InChI=1S/C12H24N4O3/c1-9(17)14-7-4-3-5-11(16-10(2)18)12(19)15-8-6-13/h11H,3-8,13H2,1-2H3,(H,14,17)(H,15,19)(H,16,18). The summed E-state index contributed by atoms with van der Waals surface area (Å²) in [5.41, 5.74) is 5.30. The number of nitrogens with two attached hydrogens (primary N) is 1. The molecule has 0 bridgehead atoms. The SMILES string of the molecule is CC(=O)NCCCCC(NC(C)=O)C(=O)NCCN. The quantitative estimate of drug-likeness (QED) is 0.398. The first kappa shape index (κ1) is 17.4. The minimum Gasteiger partial charge on any atom is -0.356 e. The molecule has 1 atom stereocenters. The topological polar surface area (TPSA) is 113 Å². The Labute approximate surface area is 113 Å². The fourth-order valence-corrected chi connectivity index (χ4v) is 1.57. The van der Waals surface area contributed by atoms with E-state index in [-0.39, 0.29) is 17.7 Å². The van der Waals surface area contributed by atoms with Gasteiger partial charge in [0, 0.05) is 33.5 Å². The Morgan fingerprint density at radius 2 is 1.68 bits per heavy atom. The molecule has 5 N–H and O–H groups in total. The largest absolute Gasteiger partial charge is 0.356 e. The van der Waals surface area contributed by atoms with Crippen LogP contribution in [0.2, 0.25) is 0 Å². The van der Waals surface area contributed by atoms with Gasteiger partial charge in [-0.25, -0.2) is 0 Å². The zero-order chi connectivity index (χ0) is 14.7. The number of carbonyl (C=O) groups is 3. The van der Waals surface area contributed by atoms with Crippen molar-refractivity contribution in [2.24, 2.45) is 5.73 Å². The van der Waals surface area contributed by atoms with Crippen LogP contribution in [0.15, 0.2) is 0 Å². The monoisotopic (exact) mass is 272 g/mol. The number of hydrogen-bond donors (Lipinski definition) is 4.